The Morgan fingerprint density at radius 2 is 1.69 bits per heavy atom. The zero-order valence-electron chi connectivity index (χ0n) is 10.7. The first kappa shape index (κ1) is 12.8. The van der Waals surface area contributed by atoms with Crippen molar-refractivity contribution in [2.45, 2.75) is 33.6 Å². The van der Waals surface area contributed by atoms with Gasteiger partial charge in [0.2, 0.25) is 0 Å². The summed E-state index contributed by atoms with van der Waals surface area (Å²) < 4.78 is 0. The van der Waals surface area contributed by atoms with Crippen molar-refractivity contribution in [2.75, 3.05) is 6.54 Å². The van der Waals surface area contributed by atoms with Gasteiger partial charge in [0.15, 0.2) is 0 Å². The molecule has 0 saturated carbocycles. The summed E-state index contributed by atoms with van der Waals surface area (Å²) >= 11 is 0. The largest absolute Gasteiger partial charge is 0.384 e. The second-order valence-electron chi connectivity index (χ2n) is 4.90. The van der Waals surface area contributed by atoms with Crippen LogP contribution in [0.3, 0.4) is 0 Å². The summed E-state index contributed by atoms with van der Waals surface area (Å²) in [6, 6.07) is 8.35. The van der Waals surface area contributed by atoms with Crippen molar-refractivity contribution in [1.82, 2.24) is 0 Å². The van der Waals surface area contributed by atoms with Crippen LogP contribution in [0.2, 0.25) is 0 Å². The van der Waals surface area contributed by atoms with Crippen molar-refractivity contribution in [1.29, 1.82) is 0 Å². The average molecular weight is 218 g/mol. The molecule has 16 heavy (non-hydrogen) atoms. The fraction of sp³-hybridized carbons (Fsp3) is 0.500. The van der Waals surface area contributed by atoms with Crippen LogP contribution in [0.15, 0.2) is 29.3 Å². The minimum absolute atomic E-state index is 0.550. The summed E-state index contributed by atoms with van der Waals surface area (Å²) in [6.07, 6.45) is 0. The SMILES string of the molecule is CC(C)CN=C(N)c1ccc(C(C)C)cc1. The van der Waals surface area contributed by atoms with Crippen molar-refractivity contribution in [2.24, 2.45) is 16.6 Å². The molecule has 1 rings (SSSR count). The lowest BCUT2D eigenvalue weighted by Gasteiger charge is -2.07. The van der Waals surface area contributed by atoms with Crippen LogP contribution in [-0.2, 0) is 0 Å². The number of rotatable bonds is 4. The number of nitrogens with two attached hydrogens (primary N) is 1. The van der Waals surface area contributed by atoms with E-state index in [9.17, 15) is 0 Å². The molecule has 0 unspecified atom stereocenters. The monoisotopic (exact) mass is 218 g/mol. The normalized spacial score (nSPS) is 12.5. The molecule has 0 heterocycles. The van der Waals surface area contributed by atoms with Gasteiger partial charge in [-0.15, -0.1) is 0 Å². The van der Waals surface area contributed by atoms with Crippen LogP contribution in [0.5, 0.6) is 0 Å². The van der Waals surface area contributed by atoms with E-state index in [1.807, 2.05) is 0 Å². The lowest BCUT2D eigenvalue weighted by atomic mass is 10.0. The van der Waals surface area contributed by atoms with E-state index in [4.69, 9.17) is 5.73 Å². The van der Waals surface area contributed by atoms with Crippen molar-refractivity contribution in [3.05, 3.63) is 35.4 Å². The summed E-state index contributed by atoms with van der Waals surface area (Å²) in [7, 11) is 0. The van der Waals surface area contributed by atoms with E-state index in [1.54, 1.807) is 0 Å². The fourth-order valence-electron chi connectivity index (χ4n) is 1.41. The summed E-state index contributed by atoms with van der Waals surface area (Å²) in [5.41, 5.74) is 8.27. The van der Waals surface area contributed by atoms with Gasteiger partial charge in [-0.25, -0.2) is 0 Å². The van der Waals surface area contributed by atoms with Gasteiger partial charge >= 0.3 is 0 Å². The first-order valence-corrected chi connectivity index (χ1v) is 5.91. The van der Waals surface area contributed by atoms with Crippen molar-refractivity contribution in [3.63, 3.8) is 0 Å². The lowest BCUT2D eigenvalue weighted by molar-refractivity contribution is 0.665. The van der Waals surface area contributed by atoms with E-state index in [0.29, 0.717) is 17.7 Å². The summed E-state index contributed by atoms with van der Waals surface area (Å²) in [4.78, 5) is 4.36. The van der Waals surface area contributed by atoms with Crippen LogP contribution < -0.4 is 5.73 Å². The zero-order chi connectivity index (χ0) is 12.1. The molecule has 0 amide bonds. The first-order valence-electron chi connectivity index (χ1n) is 5.91. The van der Waals surface area contributed by atoms with Gasteiger partial charge in [0.05, 0.1) is 0 Å². The number of aliphatic imine (C=N–C) groups is 1. The van der Waals surface area contributed by atoms with Crippen LogP contribution >= 0.6 is 0 Å². The van der Waals surface area contributed by atoms with E-state index in [0.717, 1.165) is 12.1 Å². The van der Waals surface area contributed by atoms with Gasteiger partial charge in [-0.2, -0.15) is 0 Å². The number of hydrogen-bond acceptors (Lipinski definition) is 1. The highest BCUT2D eigenvalue weighted by Gasteiger charge is 2.01. The summed E-state index contributed by atoms with van der Waals surface area (Å²) in [5, 5.41) is 0. The van der Waals surface area contributed by atoms with E-state index in [1.165, 1.54) is 5.56 Å². The van der Waals surface area contributed by atoms with Gasteiger partial charge in [0.25, 0.3) is 0 Å². The van der Waals surface area contributed by atoms with Crippen molar-refractivity contribution < 1.29 is 0 Å². The van der Waals surface area contributed by atoms with Crippen LogP contribution in [0.4, 0.5) is 0 Å². The lowest BCUT2D eigenvalue weighted by Crippen LogP contribution is -2.15. The molecule has 1 aromatic rings. The quantitative estimate of drug-likeness (QED) is 0.612. The third-order valence-corrected chi connectivity index (χ3v) is 2.50. The highest BCUT2D eigenvalue weighted by Crippen LogP contribution is 2.14. The first-order chi connectivity index (χ1) is 7.50. The minimum atomic E-state index is 0.550. The second-order valence-corrected chi connectivity index (χ2v) is 4.90. The molecule has 2 heteroatoms. The third-order valence-electron chi connectivity index (χ3n) is 2.50. The summed E-state index contributed by atoms with van der Waals surface area (Å²) in [6.45, 7) is 9.44. The molecule has 1 aromatic carbocycles. The van der Waals surface area contributed by atoms with Gasteiger partial charge < -0.3 is 5.73 Å². The van der Waals surface area contributed by atoms with Crippen LogP contribution in [0.1, 0.15) is 44.7 Å². The van der Waals surface area contributed by atoms with E-state index in [-0.39, 0.29) is 0 Å². The van der Waals surface area contributed by atoms with Gasteiger partial charge in [-0.05, 0) is 17.4 Å². The molecule has 2 N–H and O–H groups in total. The fourth-order valence-corrected chi connectivity index (χ4v) is 1.41. The molecular formula is C14H22N2. The minimum Gasteiger partial charge on any atom is -0.384 e. The molecule has 88 valence electrons. The highest BCUT2D eigenvalue weighted by molar-refractivity contribution is 5.97. The molecule has 0 fully saturated rings. The third kappa shape index (κ3) is 3.69. The Morgan fingerprint density at radius 1 is 1.12 bits per heavy atom. The highest BCUT2D eigenvalue weighted by atomic mass is 14.8. The maximum atomic E-state index is 5.92. The summed E-state index contributed by atoms with van der Waals surface area (Å²) in [5.74, 6) is 1.75. The molecule has 0 aliphatic carbocycles. The Hall–Kier alpha value is -1.31. The molecule has 0 aliphatic heterocycles. The van der Waals surface area contributed by atoms with Gasteiger partial charge in [0.1, 0.15) is 5.84 Å². The Labute approximate surface area is 98.6 Å². The Bertz CT molecular complexity index is 348. The maximum Gasteiger partial charge on any atom is 0.125 e. The van der Waals surface area contributed by atoms with Crippen molar-refractivity contribution in [3.8, 4) is 0 Å². The molecule has 2 nitrogen and oxygen atoms in total. The molecular weight excluding hydrogens is 196 g/mol. The molecule has 0 saturated heterocycles. The smallest absolute Gasteiger partial charge is 0.125 e. The number of amidine groups is 1. The average Bonchev–Trinajstić information content (AvgIpc) is 2.26. The van der Waals surface area contributed by atoms with Gasteiger partial charge in [0, 0.05) is 12.1 Å². The molecule has 0 bridgehead atoms. The molecule has 0 radical (unpaired) electrons. The zero-order valence-corrected chi connectivity index (χ0v) is 10.7. The van der Waals surface area contributed by atoms with E-state index < -0.39 is 0 Å². The number of nitrogens with zero attached hydrogens (tertiary/aromatic N) is 1. The van der Waals surface area contributed by atoms with Crippen molar-refractivity contribution >= 4 is 5.84 Å². The molecule has 0 aliphatic rings. The van der Waals surface area contributed by atoms with E-state index >= 15 is 0 Å². The van der Waals surface area contributed by atoms with Gasteiger partial charge in [-0.3, -0.25) is 4.99 Å². The predicted molar refractivity (Wildman–Crippen MR) is 71.0 cm³/mol. The predicted octanol–water partition coefficient (Wildman–Crippen LogP) is 3.17. The Morgan fingerprint density at radius 3 is 2.12 bits per heavy atom. The molecule has 0 atom stereocenters. The molecule has 0 aromatic heterocycles. The molecule has 0 spiro atoms. The second kappa shape index (κ2) is 5.69. The standard InChI is InChI=1S/C14H22N2/c1-10(2)9-16-14(15)13-7-5-12(6-8-13)11(3)4/h5-8,10-11H,9H2,1-4H3,(H2,15,16). The topological polar surface area (TPSA) is 38.4 Å². The number of hydrogen-bond donors (Lipinski definition) is 1. The maximum absolute atomic E-state index is 5.92. The van der Waals surface area contributed by atoms with Crippen LogP contribution in [0, 0.1) is 5.92 Å². The Balaban J connectivity index is 2.77. The van der Waals surface area contributed by atoms with Crippen LogP contribution in [-0.4, -0.2) is 12.4 Å². The van der Waals surface area contributed by atoms with E-state index in [2.05, 4.69) is 57.0 Å². The number of benzene rings is 1. The van der Waals surface area contributed by atoms with Gasteiger partial charge in [-0.1, -0.05) is 52.0 Å². The van der Waals surface area contributed by atoms with Crippen LogP contribution in [0.25, 0.3) is 0 Å². The Kier molecular flexibility index (Phi) is 4.53.